The predicted octanol–water partition coefficient (Wildman–Crippen LogP) is 2.72. The van der Waals surface area contributed by atoms with Gasteiger partial charge in [0.05, 0.1) is 6.54 Å². The number of anilines is 1. The van der Waals surface area contributed by atoms with Gasteiger partial charge in [0.1, 0.15) is 11.6 Å². The first-order valence-electron chi connectivity index (χ1n) is 6.13. The van der Waals surface area contributed by atoms with E-state index in [-0.39, 0.29) is 5.41 Å². The van der Waals surface area contributed by atoms with Gasteiger partial charge in [-0.2, -0.15) is 0 Å². The van der Waals surface area contributed by atoms with Crippen LogP contribution in [0.3, 0.4) is 0 Å². The smallest absolute Gasteiger partial charge is 0.127 e. The van der Waals surface area contributed by atoms with E-state index in [2.05, 4.69) is 42.1 Å². The summed E-state index contributed by atoms with van der Waals surface area (Å²) in [7, 11) is 1.99. The second-order valence-corrected chi connectivity index (χ2v) is 5.49. The van der Waals surface area contributed by atoms with E-state index in [1.54, 1.807) is 6.20 Å². The van der Waals surface area contributed by atoms with Gasteiger partial charge in [0.2, 0.25) is 0 Å². The molecule has 0 aliphatic rings. The SMILES string of the molecule is Cn1ccnc1CNc1ccc(C(C)(C)C)cn1. The molecule has 2 aromatic rings. The molecule has 0 spiro atoms. The minimum absolute atomic E-state index is 0.144. The molecule has 0 saturated heterocycles. The minimum atomic E-state index is 0.144. The van der Waals surface area contributed by atoms with Crippen LogP contribution in [0.25, 0.3) is 0 Å². The van der Waals surface area contributed by atoms with E-state index in [1.807, 2.05) is 30.1 Å². The number of nitrogens with one attached hydrogen (secondary N) is 1. The monoisotopic (exact) mass is 244 g/mol. The Hall–Kier alpha value is -1.84. The van der Waals surface area contributed by atoms with Gasteiger partial charge in [-0.1, -0.05) is 26.8 Å². The zero-order chi connectivity index (χ0) is 13.2. The molecule has 0 unspecified atom stereocenters. The first kappa shape index (κ1) is 12.6. The van der Waals surface area contributed by atoms with Crippen molar-refractivity contribution in [3.05, 3.63) is 42.1 Å². The van der Waals surface area contributed by atoms with Crippen LogP contribution in [0.1, 0.15) is 32.2 Å². The molecule has 0 bridgehead atoms. The van der Waals surface area contributed by atoms with Crippen LogP contribution in [0.15, 0.2) is 30.7 Å². The normalized spacial score (nSPS) is 11.6. The van der Waals surface area contributed by atoms with Crippen molar-refractivity contribution in [3.8, 4) is 0 Å². The number of hydrogen-bond donors (Lipinski definition) is 1. The van der Waals surface area contributed by atoms with Gasteiger partial charge in [0, 0.05) is 25.6 Å². The lowest BCUT2D eigenvalue weighted by Crippen LogP contribution is -2.12. The predicted molar refractivity (Wildman–Crippen MR) is 73.5 cm³/mol. The van der Waals surface area contributed by atoms with E-state index in [0.717, 1.165) is 11.6 Å². The zero-order valence-corrected chi connectivity index (χ0v) is 11.4. The Balaban J connectivity index is 2.01. The lowest BCUT2D eigenvalue weighted by Gasteiger charge is -2.18. The van der Waals surface area contributed by atoms with Crippen LogP contribution in [-0.2, 0) is 19.0 Å². The molecule has 0 aliphatic heterocycles. The highest BCUT2D eigenvalue weighted by molar-refractivity contribution is 5.37. The van der Waals surface area contributed by atoms with Crippen molar-refractivity contribution >= 4 is 5.82 Å². The molecule has 2 aromatic heterocycles. The van der Waals surface area contributed by atoms with Gasteiger partial charge in [-0.15, -0.1) is 0 Å². The van der Waals surface area contributed by atoms with E-state index >= 15 is 0 Å². The highest BCUT2D eigenvalue weighted by Crippen LogP contribution is 2.21. The molecule has 0 radical (unpaired) electrons. The lowest BCUT2D eigenvalue weighted by molar-refractivity contribution is 0.587. The van der Waals surface area contributed by atoms with Crippen LogP contribution in [-0.4, -0.2) is 14.5 Å². The molecular weight excluding hydrogens is 224 g/mol. The molecule has 2 rings (SSSR count). The highest BCUT2D eigenvalue weighted by atomic mass is 15.1. The third kappa shape index (κ3) is 2.88. The number of imidazole rings is 1. The maximum Gasteiger partial charge on any atom is 0.127 e. The number of pyridine rings is 1. The van der Waals surface area contributed by atoms with Crippen molar-refractivity contribution in [1.29, 1.82) is 0 Å². The minimum Gasteiger partial charge on any atom is -0.363 e. The van der Waals surface area contributed by atoms with Gasteiger partial charge in [-0.25, -0.2) is 9.97 Å². The lowest BCUT2D eigenvalue weighted by atomic mass is 9.88. The Labute approximate surface area is 108 Å². The van der Waals surface area contributed by atoms with Crippen molar-refractivity contribution in [2.24, 2.45) is 7.05 Å². The second kappa shape index (κ2) is 4.80. The van der Waals surface area contributed by atoms with Crippen molar-refractivity contribution < 1.29 is 0 Å². The number of aromatic nitrogens is 3. The first-order chi connectivity index (χ1) is 8.47. The summed E-state index contributed by atoms with van der Waals surface area (Å²) in [5, 5.41) is 3.27. The van der Waals surface area contributed by atoms with Crippen LogP contribution in [0.5, 0.6) is 0 Å². The molecular formula is C14H20N4. The first-order valence-corrected chi connectivity index (χ1v) is 6.13. The van der Waals surface area contributed by atoms with Gasteiger partial charge in [-0.05, 0) is 17.0 Å². The largest absolute Gasteiger partial charge is 0.363 e. The van der Waals surface area contributed by atoms with Crippen molar-refractivity contribution in [1.82, 2.24) is 14.5 Å². The second-order valence-electron chi connectivity index (χ2n) is 5.49. The molecule has 4 nitrogen and oxygen atoms in total. The topological polar surface area (TPSA) is 42.7 Å². The van der Waals surface area contributed by atoms with Crippen LogP contribution in [0, 0.1) is 0 Å². The Kier molecular flexibility index (Phi) is 3.36. The number of rotatable bonds is 3. The molecule has 0 saturated carbocycles. The summed E-state index contributed by atoms with van der Waals surface area (Å²) in [6.45, 7) is 7.24. The Morgan fingerprint density at radius 2 is 2.00 bits per heavy atom. The van der Waals surface area contributed by atoms with Gasteiger partial charge in [-0.3, -0.25) is 0 Å². The Morgan fingerprint density at radius 3 is 2.50 bits per heavy atom. The molecule has 96 valence electrons. The highest BCUT2D eigenvalue weighted by Gasteiger charge is 2.13. The number of nitrogens with zero attached hydrogens (tertiary/aromatic N) is 3. The summed E-state index contributed by atoms with van der Waals surface area (Å²) in [5.74, 6) is 1.88. The fourth-order valence-corrected chi connectivity index (χ4v) is 1.68. The van der Waals surface area contributed by atoms with Crippen LogP contribution < -0.4 is 5.32 Å². The zero-order valence-electron chi connectivity index (χ0n) is 11.4. The quantitative estimate of drug-likeness (QED) is 0.902. The average molecular weight is 244 g/mol. The van der Waals surface area contributed by atoms with Crippen LogP contribution in [0.4, 0.5) is 5.82 Å². The van der Waals surface area contributed by atoms with Gasteiger partial charge in [0.15, 0.2) is 0 Å². The fourth-order valence-electron chi connectivity index (χ4n) is 1.68. The van der Waals surface area contributed by atoms with Crippen molar-refractivity contribution in [3.63, 3.8) is 0 Å². The summed E-state index contributed by atoms with van der Waals surface area (Å²) < 4.78 is 2.00. The molecule has 1 N–H and O–H groups in total. The molecule has 0 amide bonds. The third-order valence-corrected chi connectivity index (χ3v) is 2.98. The summed E-state index contributed by atoms with van der Waals surface area (Å²) in [6, 6.07) is 4.14. The van der Waals surface area contributed by atoms with E-state index in [9.17, 15) is 0 Å². The van der Waals surface area contributed by atoms with Gasteiger partial charge in [0.25, 0.3) is 0 Å². The molecule has 0 fully saturated rings. The molecule has 2 heterocycles. The summed E-state index contributed by atoms with van der Waals surface area (Å²) in [6.07, 6.45) is 5.67. The average Bonchev–Trinajstić information content (AvgIpc) is 2.72. The van der Waals surface area contributed by atoms with E-state index < -0.39 is 0 Å². The fraction of sp³-hybridized carbons (Fsp3) is 0.429. The molecule has 4 heteroatoms. The summed E-state index contributed by atoms with van der Waals surface area (Å²) in [4.78, 5) is 8.69. The molecule has 0 atom stereocenters. The summed E-state index contributed by atoms with van der Waals surface area (Å²) in [5.41, 5.74) is 1.38. The Bertz CT molecular complexity index is 505. The Morgan fingerprint density at radius 1 is 1.22 bits per heavy atom. The summed E-state index contributed by atoms with van der Waals surface area (Å²) >= 11 is 0. The third-order valence-electron chi connectivity index (χ3n) is 2.98. The standard InChI is InChI=1S/C14H20N4/c1-14(2,3)11-5-6-12(16-9-11)17-10-13-15-7-8-18(13)4/h5-9H,10H2,1-4H3,(H,16,17). The number of aryl methyl sites for hydroxylation is 1. The van der Waals surface area contributed by atoms with E-state index in [0.29, 0.717) is 6.54 Å². The maximum atomic E-state index is 4.43. The van der Waals surface area contributed by atoms with Crippen LogP contribution >= 0.6 is 0 Å². The van der Waals surface area contributed by atoms with Crippen molar-refractivity contribution in [2.75, 3.05) is 5.32 Å². The molecule has 18 heavy (non-hydrogen) atoms. The van der Waals surface area contributed by atoms with Gasteiger partial charge >= 0.3 is 0 Å². The maximum absolute atomic E-state index is 4.43. The van der Waals surface area contributed by atoms with E-state index in [4.69, 9.17) is 0 Å². The molecule has 0 aliphatic carbocycles. The van der Waals surface area contributed by atoms with Crippen molar-refractivity contribution in [2.45, 2.75) is 32.7 Å². The van der Waals surface area contributed by atoms with Crippen LogP contribution in [0.2, 0.25) is 0 Å². The molecule has 0 aromatic carbocycles. The van der Waals surface area contributed by atoms with Gasteiger partial charge < -0.3 is 9.88 Å². The van der Waals surface area contributed by atoms with E-state index in [1.165, 1.54) is 5.56 Å². The number of hydrogen-bond acceptors (Lipinski definition) is 3.